The molecule has 0 spiro atoms. The average molecular weight is 234 g/mol. The summed E-state index contributed by atoms with van der Waals surface area (Å²) in [4.78, 5) is 0. The summed E-state index contributed by atoms with van der Waals surface area (Å²) >= 11 is 3.30. The van der Waals surface area contributed by atoms with Gasteiger partial charge in [-0.25, -0.2) is 0 Å². The first-order valence-corrected chi connectivity index (χ1v) is 4.51. The molecule has 0 aromatic carbocycles. The smallest absolute Gasteiger partial charge is 0.0632 e. The molecular weight excluding hydrogens is 222 g/mol. The van der Waals surface area contributed by atoms with Crippen molar-refractivity contribution in [2.75, 3.05) is 13.7 Å². The molecule has 0 amide bonds. The van der Waals surface area contributed by atoms with E-state index in [2.05, 4.69) is 26.3 Å². The minimum atomic E-state index is 0.0665. The fraction of sp³-hybridized carbons (Fsp3) is 0.571. The van der Waals surface area contributed by atoms with E-state index in [-0.39, 0.29) is 12.6 Å². The fourth-order valence-corrected chi connectivity index (χ4v) is 1.23. The van der Waals surface area contributed by atoms with E-state index in [0.717, 1.165) is 4.47 Å². The molecule has 0 saturated heterocycles. The van der Waals surface area contributed by atoms with E-state index in [1.807, 2.05) is 13.2 Å². The molecule has 1 unspecified atom stereocenters. The van der Waals surface area contributed by atoms with Gasteiger partial charge in [0.15, 0.2) is 0 Å². The highest BCUT2D eigenvalue weighted by Gasteiger charge is 2.05. The lowest BCUT2D eigenvalue weighted by atomic mass is 10.3. The zero-order valence-electron chi connectivity index (χ0n) is 6.87. The van der Waals surface area contributed by atoms with Gasteiger partial charge in [-0.1, -0.05) is 0 Å². The van der Waals surface area contributed by atoms with Crippen LogP contribution in [0.4, 0.5) is 0 Å². The fourth-order valence-electron chi connectivity index (χ4n) is 0.904. The molecule has 12 heavy (non-hydrogen) atoms. The van der Waals surface area contributed by atoms with Crippen molar-refractivity contribution in [3.63, 3.8) is 0 Å². The number of aromatic nitrogens is 2. The van der Waals surface area contributed by atoms with Crippen molar-refractivity contribution in [3.05, 3.63) is 16.9 Å². The third-order valence-corrected chi connectivity index (χ3v) is 2.05. The largest absolute Gasteiger partial charge is 0.395 e. The van der Waals surface area contributed by atoms with Crippen LogP contribution in [0.5, 0.6) is 0 Å². The number of nitrogens with zero attached hydrogens (tertiary/aromatic N) is 2. The van der Waals surface area contributed by atoms with Gasteiger partial charge in [-0.05, 0) is 23.0 Å². The van der Waals surface area contributed by atoms with Crippen LogP contribution in [-0.4, -0.2) is 34.6 Å². The van der Waals surface area contributed by atoms with Gasteiger partial charge in [-0.15, -0.1) is 0 Å². The molecule has 0 bridgehead atoms. The summed E-state index contributed by atoms with van der Waals surface area (Å²) in [5.74, 6) is 0. The third-order valence-electron chi connectivity index (χ3n) is 1.64. The van der Waals surface area contributed by atoms with Gasteiger partial charge in [-0.2, -0.15) is 5.10 Å². The first kappa shape index (κ1) is 9.70. The molecule has 0 aliphatic carbocycles. The summed E-state index contributed by atoms with van der Waals surface area (Å²) in [5.41, 5.74) is 0. The molecule has 1 aromatic heterocycles. The van der Waals surface area contributed by atoms with E-state index in [0.29, 0.717) is 6.54 Å². The molecule has 2 N–H and O–H groups in total. The van der Waals surface area contributed by atoms with Crippen LogP contribution in [0.15, 0.2) is 16.9 Å². The maximum absolute atomic E-state index is 8.88. The summed E-state index contributed by atoms with van der Waals surface area (Å²) in [7, 11) is 1.82. The zero-order valence-corrected chi connectivity index (χ0v) is 8.45. The van der Waals surface area contributed by atoms with Gasteiger partial charge < -0.3 is 10.4 Å². The Morgan fingerprint density at radius 1 is 1.83 bits per heavy atom. The average Bonchev–Trinajstić information content (AvgIpc) is 2.47. The van der Waals surface area contributed by atoms with Crippen LogP contribution in [0, 0.1) is 0 Å². The Kier molecular flexibility index (Phi) is 3.71. The molecule has 1 heterocycles. The second kappa shape index (κ2) is 4.59. The molecule has 1 rings (SSSR count). The molecule has 1 atom stereocenters. The van der Waals surface area contributed by atoms with Gasteiger partial charge in [0.25, 0.3) is 0 Å². The van der Waals surface area contributed by atoms with Crippen LogP contribution in [0.2, 0.25) is 0 Å². The van der Waals surface area contributed by atoms with Crippen molar-refractivity contribution >= 4 is 15.9 Å². The number of halogens is 1. The number of aliphatic hydroxyl groups excluding tert-OH is 1. The Morgan fingerprint density at radius 3 is 3.00 bits per heavy atom. The number of nitrogens with one attached hydrogen (secondary N) is 1. The monoisotopic (exact) mass is 233 g/mol. The lowest BCUT2D eigenvalue weighted by Crippen LogP contribution is -2.33. The van der Waals surface area contributed by atoms with E-state index >= 15 is 0 Å². The van der Waals surface area contributed by atoms with Crippen LogP contribution in [-0.2, 0) is 6.54 Å². The molecule has 1 aromatic rings. The predicted octanol–water partition coefficient (Wildman–Crippen LogP) is 0.226. The molecule has 0 aliphatic heterocycles. The Labute approximate surface area is 79.7 Å². The lowest BCUT2D eigenvalue weighted by Gasteiger charge is -2.12. The van der Waals surface area contributed by atoms with Gasteiger partial charge in [0, 0.05) is 12.2 Å². The first-order valence-electron chi connectivity index (χ1n) is 3.72. The van der Waals surface area contributed by atoms with Crippen LogP contribution < -0.4 is 5.32 Å². The maximum Gasteiger partial charge on any atom is 0.0632 e. The Morgan fingerprint density at radius 2 is 2.58 bits per heavy atom. The topological polar surface area (TPSA) is 50.1 Å². The van der Waals surface area contributed by atoms with Crippen LogP contribution in [0.1, 0.15) is 0 Å². The lowest BCUT2D eigenvalue weighted by molar-refractivity contribution is 0.232. The molecule has 5 heteroatoms. The van der Waals surface area contributed by atoms with Crippen molar-refractivity contribution < 1.29 is 5.11 Å². The molecule has 0 saturated carbocycles. The first-order chi connectivity index (χ1) is 5.76. The standard InChI is InChI=1S/C7H12BrN3O/c1-9-7(5-12)4-11-3-6(8)2-10-11/h2-3,7,9,12H,4-5H2,1H3. The zero-order chi connectivity index (χ0) is 8.97. The van der Waals surface area contributed by atoms with Crippen molar-refractivity contribution in [2.45, 2.75) is 12.6 Å². The Bertz CT molecular complexity index is 234. The van der Waals surface area contributed by atoms with Crippen molar-refractivity contribution in [3.8, 4) is 0 Å². The molecule has 0 aliphatic rings. The SMILES string of the molecule is CNC(CO)Cn1cc(Br)cn1. The molecular formula is C7H12BrN3O. The van der Waals surface area contributed by atoms with Crippen LogP contribution in [0.3, 0.4) is 0 Å². The minimum Gasteiger partial charge on any atom is -0.395 e. The summed E-state index contributed by atoms with van der Waals surface area (Å²) in [5, 5.41) is 15.9. The normalized spacial score (nSPS) is 13.2. The highest BCUT2D eigenvalue weighted by atomic mass is 79.9. The van der Waals surface area contributed by atoms with E-state index in [4.69, 9.17) is 5.11 Å². The summed E-state index contributed by atoms with van der Waals surface area (Å²) in [6.07, 6.45) is 3.60. The molecule has 0 fully saturated rings. The summed E-state index contributed by atoms with van der Waals surface area (Å²) < 4.78 is 2.73. The molecule has 4 nitrogen and oxygen atoms in total. The van der Waals surface area contributed by atoms with Crippen molar-refractivity contribution in [2.24, 2.45) is 0 Å². The van der Waals surface area contributed by atoms with Gasteiger partial charge in [0.05, 0.1) is 23.8 Å². The summed E-state index contributed by atoms with van der Waals surface area (Å²) in [6, 6.07) is 0.0665. The molecule has 68 valence electrons. The Balaban J connectivity index is 2.50. The number of rotatable bonds is 4. The third kappa shape index (κ3) is 2.58. The van der Waals surface area contributed by atoms with Gasteiger partial charge >= 0.3 is 0 Å². The van der Waals surface area contributed by atoms with Gasteiger partial charge in [0.2, 0.25) is 0 Å². The van der Waals surface area contributed by atoms with Gasteiger partial charge in [-0.3, -0.25) is 4.68 Å². The highest BCUT2D eigenvalue weighted by molar-refractivity contribution is 9.10. The van der Waals surface area contributed by atoms with E-state index in [1.54, 1.807) is 10.9 Å². The second-order valence-electron chi connectivity index (χ2n) is 2.55. The number of likely N-dealkylation sites (N-methyl/N-ethyl adjacent to an activating group) is 1. The van der Waals surface area contributed by atoms with E-state index < -0.39 is 0 Å². The summed E-state index contributed by atoms with van der Waals surface area (Å²) in [6.45, 7) is 0.798. The van der Waals surface area contributed by atoms with Crippen LogP contribution in [0.25, 0.3) is 0 Å². The Hall–Kier alpha value is -0.390. The maximum atomic E-state index is 8.88. The number of hydrogen-bond acceptors (Lipinski definition) is 3. The predicted molar refractivity (Wildman–Crippen MR) is 49.9 cm³/mol. The van der Waals surface area contributed by atoms with Crippen molar-refractivity contribution in [1.82, 2.24) is 15.1 Å². The minimum absolute atomic E-state index is 0.0665. The van der Waals surface area contributed by atoms with Gasteiger partial charge in [0.1, 0.15) is 0 Å². The van der Waals surface area contributed by atoms with E-state index in [1.165, 1.54) is 0 Å². The van der Waals surface area contributed by atoms with Crippen molar-refractivity contribution in [1.29, 1.82) is 0 Å². The molecule has 0 radical (unpaired) electrons. The van der Waals surface area contributed by atoms with Crippen LogP contribution >= 0.6 is 15.9 Å². The van der Waals surface area contributed by atoms with E-state index in [9.17, 15) is 0 Å². The second-order valence-corrected chi connectivity index (χ2v) is 3.46. The quantitative estimate of drug-likeness (QED) is 0.783. The number of hydrogen-bond donors (Lipinski definition) is 2. The number of aliphatic hydroxyl groups is 1. The highest BCUT2D eigenvalue weighted by Crippen LogP contribution is 2.06.